The molecule has 176 valence electrons. The van der Waals surface area contributed by atoms with E-state index in [9.17, 15) is 18.0 Å². The molecule has 1 heterocycles. The average Bonchev–Trinajstić information content (AvgIpc) is 2.88. The highest BCUT2D eigenvalue weighted by atomic mass is 32.2. The lowest BCUT2D eigenvalue weighted by molar-refractivity contribution is -0.134. The van der Waals surface area contributed by atoms with Gasteiger partial charge in [-0.15, -0.1) is 0 Å². The normalized spacial score (nSPS) is 14.1. The summed E-state index contributed by atoms with van der Waals surface area (Å²) in [6.07, 6.45) is 0.199. The average molecular weight is 480 g/mol. The molecule has 0 atom stereocenters. The molecule has 10 heteroatoms. The third kappa shape index (κ3) is 5.98. The van der Waals surface area contributed by atoms with Gasteiger partial charge >= 0.3 is 0 Å². The van der Waals surface area contributed by atoms with Crippen molar-refractivity contribution in [3.63, 3.8) is 0 Å². The Morgan fingerprint density at radius 2 is 1.56 bits per heavy atom. The maximum Gasteiger partial charge on any atom is 0.243 e. The predicted octanol–water partition coefficient (Wildman–Crippen LogP) is 2.12. The second kappa shape index (κ2) is 11.4. The summed E-state index contributed by atoms with van der Waals surface area (Å²) in [6, 6.07) is 18.7. The van der Waals surface area contributed by atoms with Crippen LogP contribution in [0.3, 0.4) is 0 Å². The highest BCUT2D eigenvalue weighted by Crippen LogP contribution is 2.19. The van der Waals surface area contributed by atoms with Gasteiger partial charge in [0.1, 0.15) is 0 Å². The summed E-state index contributed by atoms with van der Waals surface area (Å²) < 4.78 is 27.0. The molecule has 9 nitrogen and oxygen atoms in total. The largest absolute Gasteiger partial charge is 0.340 e. The van der Waals surface area contributed by atoms with Gasteiger partial charge in [-0.2, -0.15) is 14.8 Å². The van der Waals surface area contributed by atoms with Crippen LogP contribution < -0.4 is 4.90 Å². The minimum absolute atomic E-state index is 0.00289. The van der Waals surface area contributed by atoms with E-state index in [-0.39, 0.29) is 68.7 Å². The van der Waals surface area contributed by atoms with Crippen LogP contribution in [0.1, 0.15) is 24.8 Å². The Hall–Kier alpha value is -3.73. The molecule has 0 N–H and O–H groups in total. The second-order valence-corrected chi connectivity index (χ2v) is 9.65. The molecule has 2 aromatic rings. The molecule has 1 aliphatic rings. The second-order valence-electron chi connectivity index (χ2n) is 7.71. The van der Waals surface area contributed by atoms with Crippen molar-refractivity contribution in [2.75, 3.05) is 37.6 Å². The minimum atomic E-state index is -3.71. The van der Waals surface area contributed by atoms with Gasteiger partial charge in [0, 0.05) is 51.3 Å². The van der Waals surface area contributed by atoms with Gasteiger partial charge in [0.2, 0.25) is 21.8 Å². The fourth-order valence-corrected chi connectivity index (χ4v) is 5.13. The van der Waals surface area contributed by atoms with Gasteiger partial charge in [-0.1, -0.05) is 18.2 Å². The predicted molar refractivity (Wildman–Crippen MR) is 125 cm³/mol. The van der Waals surface area contributed by atoms with Gasteiger partial charge in [0.25, 0.3) is 0 Å². The van der Waals surface area contributed by atoms with E-state index < -0.39 is 10.0 Å². The van der Waals surface area contributed by atoms with E-state index in [1.165, 1.54) is 33.5 Å². The van der Waals surface area contributed by atoms with Crippen LogP contribution >= 0.6 is 0 Å². The molecular formula is C24H25N5O4S. The summed E-state index contributed by atoms with van der Waals surface area (Å²) in [4.78, 5) is 28.6. The lowest BCUT2D eigenvalue weighted by atomic mass is 10.2. The van der Waals surface area contributed by atoms with E-state index in [1.54, 1.807) is 29.2 Å². The van der Waals surface area contributed by atoms with Gasteiger partial charge in [0.05, 0.1) is 29.0 Å². The Labute approximate surface area is 199 Å². The molecule has 0 aliphatic carbocycles. The number of benzene rings is 2. The van der Waals surface area contributed by atoms with Gasteiger partial charge in [-0.25, -0.2) is 8.42 Å². The summed E-state index contributed by atoms with van der Waals surface area (Å²) in [6.45, 7) is 1.03. The maximum atomic E-state index is 12.8. The highest BCUT2D eigenvalue weighted by Gasteiger charge is 2.30. The van der Waals surface area contributed by atoms with E-state index in [2.05, 4.69) is 0 Å². The number of nitriles is 2. The topological polar surface area (TPSA) is 126 Å². The third-order valence-corrected chi connectivity index (χ3v) is 7.49. The number of rotatable bonds is 8. The molecule has 1 saturated heterocycles. The zero-order valence-electron chi connectivity index (χ0n) is 18.6. The van der Waals surface area contributed by atoms with Crippen LogP contribution in [-0.2, 0) is 19.6 Å². The zero-order valence-corrected chi connectivity index (χ0v) is 19.4. The fraction of sp³-hybridized carbons (Fsp3) is 0.333. The third-order valence-electron chi connectivity index (χ3n) is 5.58. The summed E-state index contributed by atoms with van der Waals surface area (Å²) in [5.74, 6) is -0.450. The highest BCUT2D eigenvalue weighted by molar-refractivity contribution is 7.89. The van der Waals surface area contributed by atoms with Crippen molar-refractivity contribution in [1.82, 2.24) is 9.21 Å². The molecule has 2 aromatic carbocycles. The van der Waals surface area contributed by atoms with Crippen molar-refractivity contribution in [3.05, 3.63) is 60.2 Å². The smallest absolute Gasteiger partial charge is 0.243 e. The van der Waals surface area contributed by atoms with Crippen LogP contribution in [0.2, 0.25) is 0 Å². The Morgan fingerprint density at radius 1 is 0.912 bits per heavy atom. The Morgan fingerprint density at radius 3 is 2.15 bits per heavy atom. The van der Waals surface area contributed by atoms with E-state index in [0.717, 1.165) is 0 Å². The first-order valence-corrected chi connectivity index (χ1v) is 12.3. The lowest BCUT2D eigenvalue weighted by Crippen LogP contribution is -2.50. The molecule has 34 heavy (non-hydrogen) atoms. The number of para-hydroxylation sites is 1. The number of anilines is 1. The Balaban J connectivity index is 1.54. The molecular weight excluding hydrogens is 454 g/mol. The number of hydrogen-bond donors (Lipinski definition) is 0. The van der Waals surface area contributed by atoms with Crippen molar-refractivity contribution >= 4 is 27.5 Å². The van der Waals surface area contributed by atoms with E-state index >= 15 is 0 Å². The monoisotopic (exact) mass is 479 g/mol. The van der Waals surface area contributed by atoms with Crippen molar-refractivity contribution < 1.29 is 18.0 Å². The molecule has 0 saturated carbocycles. The number of carbonyl (C=O) groups is 2. The molecule has 1 aliphatic heterocycles. The summed E-state index contributed by atoms with van der Waals surface area (Å²) in [5, 5.41) is 17.8. The summed E-state index contributed by atoms with van der Waals surface area (Å²) in [5.41, 5.74) is 1.05. The van der Waals surface area contributed by atoms with Crippen LogP contribution in [0.5, 0.6) is 0 Å². The molecule has 3 rings (SSSR count). The first-order valence-electron chi connectivity index (χ1n) is 10.9. The number of piperazine rings is 1. The SMILES string of the molecule is N#CCCN(C(=O)CCC(=O)N1CCN(S(=O)(=O)c2ccc(C#N)cc2)CC1)c1ccccc1. The summed E-state index contributed by atoms with van der Waals surface area (Å²) in [7, 11) is -3.71. The van der Waals surface area contributed by atoms with E-state index in [0.29, 0.717) is 11.3 Å². The van der Waals surface area contributed by atoms with Crippen LogP contribution in [0.15, 0.2) is 59.5 Å². The van der Waals surface area contributed by atoms with Crippen LogP contribution in [0.25, 0.3) is 0 Å². The van der Waals surface area contributed by atoms with E-state index in [1.807, 2.05) is 18.2 Å². The molecule has 0 spiro atoms. The molecule has 1 fully saturated rings. The van der Waals surface area contributed by atoms with Crippen LogP contribution in [-0.4, -0.2) is 62.2 Å². The molecule has 0 aromatic heterocycles. The number of amides is 2. The minimum Gasteiger partial charge on any atom is -0.340 e. The Kier molecular flexibility index (Phi) is 8.36. The van der Waals surface area contributed by atoms with Crippen molar-refractivity contribution in [2.24, 2.45) is 0 Å². The van der Waals surface area contributed by atoms with Crippen molar-refractivity contribution in [1.29, 1.82) is 10.5 Å². The molecule has 0 radical (unpaired) electrons. The molecule has 2 amide bonds. The van der Waals surface area contributed by atoms with Crippen LogP contribution in [0.4, 0.5) is 5.69 Å². The van der Waals surface area contributed by atoms with Crippen molar-refractivity contribution in [2.45, 2.75) is 24.2 Å². The molecule has 0 bridgehead atoms. The van der Waals surface area contributed by atoms with Crippen molar-refractivity contribution in [3.8, 4) is 12.1 Å². The zero-order chi connectivity index (χ0) is 24.6. The quantitative estimate of drug-likeness (QED) is 0.571. The standard InChI is InChI=1S/C24H25N5O4S/c25-13-4-14-29(21-5-2-1-3-6-21)24(31)12-11-23(30)27-15-17-28(18-16-27)34(32,33)22-9-7-20(19-26)8-10-22/h1-3,5-10H,4,11-12,14-18H2. The van der Waals surface area contributed by atoms with Gasteiger partial charge in [-0.3, -0.25) is 9.59 Å². The molecule has 0 unspecified atom stereocenters. The van der Waals surface area contributed by atoms with E-state index in [4.69, 9.17) is 10.5 Å². The first-order chi connectivity index (χ1) is 16.4. The fourth-order valence-electron chi connectivity index (χ4n) is 3.70. The Bertz CT molecular complexity index is 1190. The number of carbonyl (C=O) groups excluding carboxylic acids is 2. The number of nitrogens with zero attached hydrogens (tertiary/aromatic N) is 5. The number of hydrogen-bond acceptors (Lipinski definition) is 6. The lowest BCUT2D eigenvalue weighted by Gasteiger charge is -2.34. The number of sulfonamides is 1. The summed E-state index contributed by atoms with van der Waals surface area (Å²) >= 11 is 0. The van der Waals surface area contributed by atoms with Gasteiger partial charge < -0.3 is 9.80 Å². The first kappa shape index (κ1) is 24.9. The van der Waals surface area contributed by atoms with Gasteiger partial charge in [-0.05, 0) is 36.4 Å². The van der Waals surface area contributed by atoms with Gasteiger partial charge in [0.15, 0.2) is 0 Å². The van der Waals surface area contributed by atoms with Crippen LogP contribution in [0, 0.1) is 22.7 Å². The maximum absolute atomic E-state index is 12.8.